The minimum absolute atomic E-state index is 0.0386. The van der Waals surface area contributed by atoms with E-state index in [9.17, 15) is 27.6 Å². The Labute approximate surface area is 145 Å². The summed E-state index contributed by atoms with van der Waals surface area (Å²) in [5, 5.41) is 7.31. The smallest absolute Gasteiger partial charge is 0.298 e. The molecule has 0 radical (unpaired) electrons. The number of nitrogens with zero attached hydrogens (tertiary/aromatic N) is 3. The standard InChI is InChI=1S/C17H14F3N3O3/c1-7-21-22-16-10(4-5-11(23(7)16)17(18,19)20)15(26)12-13(24)8-2-3-9(6-8)14(12)25/h4-5,8-9,12H,2-3,6H2,1H3. The second-order valence-electron chi connectivity index (χ2n) is 6.85. The van der Waals surface area contributed by atoms with Crippen LogP contribution in [0.5, 0.6) is 0 Å². The molecular formula is C17H14F3N3O3. The second kappa shape index (κ2) is 5.46. The van der Waals surface area contributed by atoms with Gasteiger partial charge in [0.15, 0.2) is 23.0 Å². The van der Waals surface area contributed by atoms with Gasteiger partial charge >= 0.3 is 6.18 Å². The number of Topliss-reactive ketones (excluding diaryl/α,β-unsaturated/α-hetero) is 3. The minimum Gasteiger partial charge on any atom is -0.298 e. The Bertz CT molecular complexity index is 941. The maximum Gasteiger partial charge on any atom is 0.431 e. The zero-order valence-corrected chi connectivity index (χ0v) is 13.7. The van der Waals surface area contributed by atoms with E-state index in [1.165, 1.54) is 6.92 Å². The molecule has 0 aliphatic heterocycles. The zero-order chi connectivity index (χ0) is 18.8. The van der Waals surface area contributed by atoms with Crippen molar-refractivity contribution in [3.05, 3.63) is 29.2 Å². The van der Waals surface area contributed by atoms with Crippen LogP contribution in [0.15, 0.2) is 12.1 Å². The summed E-state index contributed by atoms with van der Waals surface area (Å²) < 4.78 is 40.4. The van der Waals surface area contributed by atoms with Crippen molar-refractivity contribution in [2.75, 3.05) is 0 Å². The third-order valence-corrected chi connectivity index (χ3v) is 5.34. The summed E-state index contributed by atoms with van der Waals surface area (Å²) in [6.07, 6.45) is -3.05. The number of hydrogen-bond donors (Lipinski definition) is 0. The number of carbonyl (C=O) groups is 3. The van der Waals surface area contributed by atoms with Crippen molar-refractivity contribution in [1.29, 1.82) is 0 Å². The molecule has 2 bridgehead atoms. The fourth-order valence-electron chi connectivity index (χ4n) is 4.07. The number of aryl methyl sites for hydroxylation is 1. The minimum atomic E-state index is -4.66. The molecule has 2 fully saturated rings. The quantitative estimate of drug-likeness (QED) is 0.603. The van der Waals surface area contributed by atoms with Crippen molar-refractivity contribution in [3.8, 4) is 0 Å². The molecule has 6 nitrogen and oxygen atoms in total. The average molecular weight is 365 g/mol. The lowest BCUT2D eigenvalue weighted by Gasteiger charge is -2.24. The highest BCUT2D eigenvalue weighted by Crippen LogP contribution is 2.41. The first-order valence-electron chi connectivity index (χ1n) is 8.23. The van der Waals surface area contributed by atoms with Crippen LogP contribution in [0.1, 0.15) is 41.1 Å². The number of carbonyl (C=O) groups excluding carboxylic acids is 3. The highest BCUT2D eigenvalue weighted by molar-refractivity contribution is 6.27. The van der Waals surface area contributed by atoms with Crippen LogP contribution in [0.2, 0.25) is 0 Å². The number of ketones is 3. The van der Waals surface area contributed by atoms with Crippen molar-refractivity contribution < 1.29 is 27.6 Å². The van der Waals surface area contributed by atoms with Gasteiger partial charge in [0.2, 0.25) is 0 Å². The molecule has 2 heterocycles. The van der Waals surface area contributed by atoms with E-state index in [2.05, 4.69) is 10.2 Å². The molecule has 0 aromatic carbocycles. The highest BCUT2D eigenvalue weighted by Gasteiger charge is 2.50. The summed E-state index contributed by atoms with van der Waals surface area (Å²) in [6, 6.07) is 1.73. The monoisotopic (exact) mass is 365 g/mol. The largest absolute Gasteiger partial charge is 0.431 e. The van der Waals surface area contributed by atoms with Crippen LogP contribution in [0.3, 0.4) is 0 Å². The van der Waals surface area contributed by atoms with Gasteiger partial charge < -0.3 is 0 Å². The number of pyridine rings is 1. The van der Waals surface area contributed by atoms with Crippen molar-refractivity contribution in [2.45, 2.75) is 32.4 Å². The Morgan fingerprint density at radius 1 is 1.12 bits per heavy atom. The predicted molar refractivity (Wildman–Crippen MR) is 81.4 cm³/mol. The molecule has 0 N–H and O–H groups in total. The van der Waals surface area contributed by atoms with Gasteiger partial charge in [-0.3, -0.25) is 18.8 Å². The van der Waals surface area contributed by atoms with Crippen molar-refractivity contribution in [1.82, 2.24) is 14.6 Å². The Kier molecular flexibility index (Phi) is 3.54. The van der Waals surface area contributed by atoms with Crippen molar-refractivity contribution in [3.63, 3.8) is 0 Å². The molecule has 0 spiro atoms. The summed E-state index contributed by atoms with van der Waals surface area (Å²) >= 11 is 0. The van der Waals surface area contributed by atoms with Crippen LogP contribution in [0, 0.1) is 24.7 Å². The molecule has 2 aliphatic carbocycles. The third-order valence-electron chi connectivity index (χ3n) is 5.34. The van der Waals surface area contributed by atoms with Crippen LogP contribution in [-0.2, 0) is 15.8 Å². The average Bonchev–Trinajstić information content (AvgIpc) is 3.18. The van der Waals surface area contributed by atoms with Crippen LogP contribution in [-0.4, -0.2) is 31.9 Å². The van der Waals surface area contributed by atoms with E-state index in [-0.39, 0.29) is 28.9 Å². The SMILES string of the molecule is Cc1nnc2c(C(=O)C3C(=O)C4CCC(C4)C3=O)ccc(C(F)(F)F)n12. The molecular weight excluding hydrogens is 351 g/mol. The maximum atomic E-state index is 13.2. The van der Waals surface area contributed by atoms with Crippen molar-refractivity contribution >= 4 is 23.0 Å². The Balaban J connectivity index is 1.84. The van der Waals surface area contributed by atoms with Crippen LogP contribution < -0.4 is 0 Å². The Morgan fingerprint density at radius 3 is 2.31 bits per heavy atom. The lowest BCUT2D eigenvalue weighted by atomic mass is 9.75. The zero-order valence-electron chi connectivity index (χ0n) is 13.7. The summed E-state index contributed by atoms with van der Waals surface area (Å²) in [7, 11) is 0. The number of halogens is 3. The van der Waals surface area contributed by atoms with Gasteiger partial charge in [0.25, 0.3) is 0 Å². The van der Waals surface area contributed by atoms with Crippen LogP contribution >= 0.6 is 0 Å². The molecule has 2 atom stereocenters. The topological polar surface area (TPSA) is 81.4 Å². The Hall–Kier alpha value is -2.58. The van der Waals surface area contributed by atoms with E-state index in [0.717, 1.165) is 16.5 Å². The van der Waals surface area contributed by atoms with Crippen LogP contribution in [0.4, 0.5) is 13.2 Å². The van der Waals surface area contributed by atoms with Gasteiger partial charge in [-0.25, -0.2) is 0 Å². The van der Waals surface area contributed by atoms with Gasteiger partial charge in [0, 0.05) is 11.8 Å². The number of fused-ring (bicyclic) bond motifs is 3. The number of rotatable bonds is 2. The first-order chi connectivity index (χ1) is 12.2. The van der Waals surface area contributed by atoms with Gasteiger partial charge in [-0.1, -0.05) is 0 Å². The first-order valence-corrected chi connectivity index (χ1v) is 8.23. The van der Waals surface area contributed by atoms with E-state index in [4.69, 9.17) is 0 Å². The molecule has 2 saturated carbocycles. The molecule has 26 heavy (non-hydrogen) atoms. The van der Waals surface area contributed by atoms with Gasteiger partial charge in [0.1, 0.15) is 17.4 Å². The summed E-state index contributed by atoms with van der Waals surface area (Å²) in [5.41, 5.74) is -1.50. The summed E-state index contributed by atoms with van der Waals surface area (Å²) in [5.74, 6) is -3.77. The molecule has 2 aromatic rings. The highest BCUT2D eigenvalue weighted by atomic mass is 19.4. The molecule has 4 rings (SSSR count). The van der Waals surface area contributed by atoms with Gasteiger partial charge in [0.05, 0.1) is 5.56 Å². The number of hydrogen-bond acceptors (Lipinski definition) is 5. The lowest BCUT2D eigenvalue weighted by Crippen LogP contribution is -2.41. The van der Waals surface area contributed by atoms with Gasteiger partial charge in [-0.2, -0.15) is 13.2 Å². The predicted octanol–water partition coefficient (Wildman–Crippen LogP) is 2.42. The van der Waals surface area contributed by atoms with E-state index in [1.54, 1.807) is 0 Å². The summed E-state index contributed by atoms with van der Waals surface area (Å²) in [6.45, 7) is 1.33. The number of alkyl halides is 3. The second-order valence-corrected chi connectivity index (χ2v) is 6.85. The number of aromatic nitrogens is 3. The van der Waals surface area contributed by atoms with E-state index in [0.29, 0.717) is 19.3 Å². The first kappa shape index (κ1) is 16.9. The fraction of sp³-hybridized carbons (Fsp3) is 0.471. The van der Waals surface area contributed by atoms with Crippen molar-refractivity contribution in [2.24, 2.45) is 17.8 Å². The fourth-order valence-corrected chi connectivity index (χ4v) is 4.07. The Morgan fingerprint density at radius 2 is 1.73 bits per heavy atom. The molecule has 0 saturated heterocycles. The molecule has 0 amide bonds. The lowest BCUT2D eigenvalue weighted by molar-refractivity contribution is -0.142. The van der Waals surface area contributed by atoms with Crippen LogP contribution in [0.25, 0.3) is 5.65 Å². The van der Waals surface area contributed by atoms with E-state index >= 15 is 0 Å². The maximum absolute atomic E-state index is 13.2. The molecule has 2 aromatic heterocycles. The van der Waals surface area contributed by atoms with E-state index in [1.807, 2.05) is 0 Å². The van der Waals surface area contributed by atoms with Gasteiger partial charge in [-0.15, -0.1) is 10.2 Å². The van der Waals surface area contributed by atoms with Gasteiger partial charge in [-0.05, 0) is 38.3 Å². The van der Waals surface area contributed by atoms with E-state index < -0.39 is 35.1 Å². The molecule has 2 unspecified atom stereocenters. The molecule has 2 aliphatic rings. The summed E-state index contributed by atoms with van der Waals surface area (Å²) in [4.78, 5) is 37.9. The normalized spacial score (nSPS) is 25.9. The molecule has 136 valence electrons. The molecule has 9 heteroatoms. The third kappa shape index (κ3) is 2.29.